The third kappa shape index (κ3) is 5.93. The van der Waals surface area contributed by atoms with Gasteiger partial charge in [0.1, 0.15) is 0 Å². The van der Waals surface area contributed by atoms with Crippen molar-refractivity contribution < 1.29 is 23.1 Å². The Morgan fingerprint density at radius 1 is 1.22 bits per heavy atom. The molecule has 1 heterocycles. The monoisotopic (exact) mass is 397 g/mol. The van der Waals surface area contributed by atoms with Gasteiger partial charge in [-0.25, -0.2) is 17.9 Å². The van der Waals surface area contributed by atoms with Crippen molar-refractivity contribution in [2.45, 2.75) is 44.6 Å². The summed E-state index contributed by atoms with van der Waals surface area (Å²) in [5, 5.41) is 11.9. The van der Waals surface area contributed by atoms with Crippen molar-refractivity contribution in [2.24, 2.45) is 11.8 Å². The quantitative estimate of drug-likeness (QED) is 0.721. The van der Waals surface area contributed by atoms with Crippen LogP contribution in [0.15, 0.2) is 29.2 Å². The second-order valence-electron chi connectivity index (χ2n) is 8.09. The first kappa shape index (κ1) is 21.2. The third-order valence-corrected chi connectivity index (χ3v) is 5.89. The number of likely N-dealkylation sites (tertiary alicyclic amines) is 1. The van der Waals surface area contributed by atoms with Gasteiger partial charge in [-0.15, -0.1) is 0 Å². The lowest BCUT2D eigenvalue weighted by Gasteiger charge is -2.34. The lowest BCUT2D eigenvalue weighted by atomic mass is 9.91. The summed E-state index contributed by atoms with van der Waals surface area (Å²) in [6, 6.07) is 5.54. The number of carboxylic acid groups (broad SMARTS) is 1. The largest absolute Gasteiger partial charge is 0.481 e. The van der Waals surface area contributed by atoms with E-state index in [0.29, 0.717) is 18.7 Å². The first-order valence-corrected chi connectivity index (χ1v) is 10.3. The molecule has 0 aliphatic carbocycles. The molecular formula is C18H27N3O5S. The van der Waals surface area contributed by atoms with Crippen LogP contribution in [0.25, 0.3) is 0 Å². The predicted octanol–water partition coefficient (Wildman–Crippen LogP) is 2.34. The van der Waals surface area contributed by atoms with E-state index in [4.69, 9.17) is 0 Å². The Kier molecular flexibility index (Phi) is 6.16. The molecule has 150 valence electrons. The van der Waals surface area contributed by atoms with E-state index in [1.165, 1.54) is 17.0 Å². The molecule has 1 aromatic carbocycles. The Morgan fingerprint density at radius 2 is 1.89 bits per heavy atom. The van der Waals surface area contributed by atoms with Crippen molar-refractivity contribution in [3.8, 4) is 0 Å². The zero-order valence-corrected chi connectivity index (χ0v) is 16.8. The summed E-state index contributed by atoms with van der Waals surface area (Å²) in [5.41, 5.74) is -0.296. The Labute approximate surface area is 160 Å². The molecule has 2 amide bonds. The maximum absolute atomic E-state index is 12.5. The highest BCUT2D eigenvalue weighted by atomic mass is 32.2. The van der Waals surface area contributed by atoms with Crippen LogP contribution in [-0.2, 0) is 14.8 Å². The molecule has 1 aliphatic rings. The number of rotatable bonds is 4. The zero-order chi connectivity index (χ0) is 20.4. The number of sulfonamides is 1. The number of hydrogen-bond acceptors (Lipinski definition) is 4. The van der Waals surface area contributed by atoms with Crippen LogP contribution < -0.4 is 10.0 Å². The highest BCUT2D eigenvalue weighted by Crippen LogP contribution is 2.23. The van der Waals surface area contributed by atoms with Crippen molar-refractivity contribution in [3.05, 3.63) is 24.3 Å². The molecule has 1 saturated heterocycles. The number of anilines is 1. The minimum atomic E-state index is -3.72. The molecule has 1 aromatic rings. The summed E-state index contributed by atoms with van der Waals surface area (Å²) in [4.78, 5) is 25.3. The van der Waals surface area contributed by atoms with E-state index in [9.17, 15) is 23.1 Å². The number of carbonyl (C=O) groups excluding carboxylic acids is 1. The molecule has 3 N–H and O–H groups in total. The van der Waals surface area contributed by atoms with Gasteiger partial charge < -0.3 is 15.3 Å². The van der Waals surface area contributed by atoms with Gasteiger partial charge in [-0.05, 0) is 51.3 Å². The molecule has 2 rings (SSSR count). The fourth-order valence-corrected chi connectivity index (χ4v) is 4.57. The standard InChI is InChI=1S/C18H27N3O5S/c1-12-8-13(16(22)23)11-21(10-12)17(24)19-14-6-5-7-15(9-14)27(25,26)20-18(2,3)4/h5-7,9,12-13,20H,8,10-11H2,1-4H3,(H,19,24)(H,22,23). The molecule has 1 fully saturated rings. The van der Waals surface area contributed by atoms with E-state index in [0.717, 1.165) is 0 Å². The molecule has 2 atom stereocenters. The van der Waals surface area contributed by atoms with E-state index >= 15 is 0 Å². The fourth-order valence-electron chi connectivity index (χ4n) is 3.10. The minimum absolute atomic E-state index is 0.0469. The summed E-state index contributed by atoms with van der Waals surface area (Å²) >= 11 is 0. The maximum Gasteiger partial charge on any atom is 0.321 e. The van der Waals surface area contributed by atoms with Crippen LogP contribution >= 0.6 is 0 Å². The number of nitrogens with zero attached hydrogens (tertiary/aromatic N) is 1. The number of aliphatic carboxylic acids is 1. The van der Waals surface area contributed by atoms with Crippen molar-refractivity contribution in [1.82, 2.24) is 9.62 Å². The smallest absolute Gasteiger partial charge is 0.321 e. The molecule has 8 nitrogen and oxygen atoms in total. The van der Waals surface area contributed by atoms with Gasteiger partial charge in [0.05, 0.1) is 10.8 Å². The highest BCUT2D eigenvalue weighted by molar-refractivity contribution is 7.89. The lowest BCUT2D eigenvalue weighted by molar-refractivity contribution is -0.143. The second kappa shape index (κ2) is 7.85. The number of urea groups is 1. The van der Waals surface area contributed by atoms with Gasteiger partial charge in [-0.2, -0.15) is 0 Å². The number of benzene rings is 1. The average Bonchev–Trinajstić information content (AvgIpc) is 2.52. The van der Waals surface area contributed by atoms with Crippen LogP contribution in [0.4, 0.5) is 10.5 Å². The van der Waals surface area contributed by atoms with Gasteiger partial charge in [0, 0.05) is 24.3 Å². The molecule has 0 saturated carbocycles. The normalized spacial score (nSPS) is 21.0. The summed E-state index contributed by atoms with van der Waals surface area (Å²) in [7, 11) is -3.72. The zero-order valence-electron chi connectivity index (χ0n) is 16.0. The topological polar surface area (TPSA) is 116 Å². The summed E-state index contributed by atoms with van der Waals surface area (Å²) < 4.78 is 27.5. The van der Waals surface area contributed by atoms with Crippen molar-refractivity contribution in [3.63, 3.8) is 0 Å². The third-order valence-electron chi connectivity index (χ3n) is 4.13. The van der Waals surface area contributed by atoms with Gasteiger partial charge >= 0.3 is 12.0 Å². The van der Waals surface area contributed by atoms with Crippen LogP contribution in [0.1, 0.15) is 34.1 Å². The number of carbonyl (C=O) groups is 2. The lowest BCUT2D eigenvalue weighted by Crippen LogP contribution is -2.47. The van der Waals surface area contributed by atoms with Gasteiger partial charge in [0.25, 0.3) is 0 Å². The van der Waals surface area contributed by atoms with E-state index in [1.54, 1.807) is 32.9 Å². The molecule has 1 aliphatic heterocycles. The predicted molar refractivity (Wildman–Crippen MR) is 102 cm³/mol. The number of nitrogens with one attached hydrogen (secondary N) is 2. The van der Waals surface area contributed by atoms with Gasteiger partial charge in [0.2, 0.25) is 10.0 Å². The maximum atomic E-state index is 12.5. The van der Waals surface area contributed by atoms with Crippen LogP contribution in [0, 0.1) is 11.8 Å². The Bertz CT molecular complexity index is 817. The Hall–Kier alpha value is -2.13. The Morgan fingerprint density at radius 3 is 2.48 bits per heavy atom. The van der Waals surface area contributed by atoms with Crippen LogP contribution in [-0.4, -0.2) is 49.1 Å². The van der Waals surface area contributed by atoms with Crippen molar-refractivity contribution in [2.75, 3.05) is 18.4 Å². The molecule has 27 heavy (non-hydrogen) atoms. The highest BCUT2D eigenvalue weighted by Gasteiger charge is 2.32. The molecule has 0 bridgehead atoms. The average molecular weight is 397 g/mol. The number of carboxylic acids is 1. The summed E-state index contributed by atoms with van der Waals surface area (Å²) in [6.45, 7) is 7.72. The summed E-state index contributed by atoms with van der Waals surface area (Å²) in [5.74, 6) is -1.43. The fraction of sp³-hybridized carbons (Fsp3) is 0.556. The minimum Gasteiger partial charge on any atom is -0.481 e. The first-order valence-electron chi connectivity index (χ1n) is 8.80. The van der Waals surface area contributed by atoms with Gasteiger partial charge in [-0.3, -0.25) is 4.79 Å². The van der Waals surface area contributed by atoms with E-state index < -0.39 is 33.5 Å². The van der Waals surface area contributed by atoms with E-state index in [2.05, 4.69) is 10.0 Å². The number of hydrogen-bond donors (Lipinski definition) is 3. The van der Waals surface area contributed by atoms with Crippen LogP contribution in [0.3, 0.4) is 0 Å². The molecule has 9 heteroatoms. The summed E-state index contributed by atoms with van der Waals surface area (Å²) in [6.07, 6.45) is 0.533. The first-order chi connectivity index (χ1) is 12.4. The van der Waals surface area contributed by atoms with Gasteiger partial charge in [0.15, 0.2) is 0 Å². The molecular weight excluding hydrogens is 370 g/mol. The van der Waals surface area contributed by atoms with E-state index in [-0.39, 0.29) is 17.4 Å². The SMILES string of the molecule is CC1CC(C(=O)O)CN(C(=O)Nc2cccc(S(=O)(=O)NC(C)(C)C)c2)C1. The van der Waals surface area contributed by atoms with Crippen LogP contribution in [0.5, 0.6) is 0 Å². The van der Waals surface area contributed by atoms with Crippen LogP contribution in [0.2, 0.25) is 0 Å². The molecule has 0 spiro atoms. The number of amides is 2. The molecule has 0 aromatic heterocycles. The van der Waals surface area contributed by atoms with Crippen molar-refractivity contribution in [1.29, 1.82) is 0 Å². The molecule has 2 unspecified atom stereocenters. The van der Waals surface area contributed by atoms with Crippen molar-refractivity contribution >= 4 is 27.7 Å². The Balaban J connectivity index is 2.14. The number of piperidine rings is 1. The van der Waals surface area contributed by atoms with Gasteiger partial charge in [-0.1, -0.05) is 13.0 Å². The molecule has 0 radical (unpaired) electrons. The second-order valence-corrected chi connectivity index (χ2v) is 9.78. The van der Waals surface area contributed by atoms with E-state index in [1.807, 2.05) is 6.92 Å².